The van der Waals surface area contributed by atoms with Gasteiger partial charge in [-0.2, -0.15) is 0 Å². The first-order chi connectivity index (χ1) is 10.4. The SMILES string of the molecule is CCS(=O)(=O)Nc1ccc(C(=O)Nc2ccccc2F)cc1. The maximum absolute atomic E-state index is 13.5. The minimum atomic E-state index is -3.36. The molecule has 5 nitrogen and oxygen atoms in total. The number of nitrogens with one attached hydrogen (secondary N) is 2. The lowest BCUT2D eigenvalue weighted by molar-refractivity contribution is 0.102. The summed E-state index contributed by atoms with van der Waals surface area (Å²) in [6.45, 7) is 1.53. The highest BCUT2D eigenvalue weighted by Crippen LogP contribution is 2.16. The molecule has 0 aliphatic carbocycles. The fraction of sp³-hybridized carbons (Fsp3) is 0.133. The summed E-state index contributed by atoms with van der Waals surface area (Å²) in [5.74, 6) is -1.04. The largest absolute Gasteiger partial charge is 0.319 e. The van der Waals surface area contributed by atoms with Gasteiger partial charge in [0.05, 0.1) is 11.4 Å². The zero-order valence-electron chi connectivity index (χ0n) is 11.8. The van der Waals surface area contributed by atoms with Crippen molar-refractivity contribution in [3.63, 3.8) is 0 Å². The van der Waals surface area contributed by atoms with Crippen molar-refractivity contribution in [2.45, 2.75) is 6.92 Å². The molecule has 2 aromatic carbocycles. The van der Waals surface area contributed by atoms with Gasteiger partial charge in [-0.25, -0.2) is 12.8 Å². The van der Waals surface area contributed by atoms with E-state index in [1.165, 1.54) is 49.4 Å². The van der Waals surface area contributed by atoms with Crippen molar-refractivity contribution in [2.24, 2.45) is 0 Å². The molecule has 2 aromatic rings. The van der Waals surface area contributed by atoms with Gasteiger partial charge in [-0.3, -0.25) is 9.52 Å². The van der Waals surface area contributed by atoms with Crippen molar-refractivity contribution >= 4 is 27.3 Å². The number of anilines is 2. The molecule has 0 bridgehead atoms. The zero-order chi connectivity index (χ0) is 16.2. The van der Waals surface area contributed by atoms with Crippen LogP contribution in [0.4, 0.5) is 15.8 Å². The number of amides is 1. The minimum absolute atomic E-state index is 0.0392. The van der Waals surface area contributed by atoms with Gasteiger partial charge in [-0.15, -0.1) is 0 Å². The normalized spacial score (nSPS) is 11.0. The van der Waals surface area contributed by atoms with E-state index in [0.29, 0.717) is 11.3 Å². The molecule has 0 aliphatic rings. The standard InChI is InChI=1S/C15H15FN2O3S/c1-2-22(20,21)18-12-9-7-11(8-10-12)15(19)17-14-6-4-3-5-13(14)16/h3-10,18H,2H2,1H3,(H,17,19). The van der Waals surface area contributed by atoms with Crippen LogP contribution in [0.2, 0.25) is 0 Å². The summed E-state index contributed by atoms with van der Waals surface area (Å²) >= 11 is 0. The van der Waals surface area contributed by atoms with Crippen molar-refractivity contribution in [3.8, 4) is 0 Å². The molecule has 22 heavy (non-hydrogen) atoms. The van der Waals surface area contributed by atoms with Crippen LogP contribution in [-0.4, -0.2) is 20.1 Å². The number of benzene rings is 2. The van der Waals surface area contributed by atoms with Crippen LogP contribution < -0.4 is 10.0 Å². The number of para-hydroxylation sites is 1. The average molecular weight is 322 g/mol. The summed E-state index contributed by atoms with van der Waals surface area (Å²) in [5.41, 5.74) is 0.746. The number of rotatable bonds is 5. The molecule has 7 heteroatoms. The first-order valence-corrected chi connectivity index (χ1v) is 8.23. The lowest BCUT2D eigenvalue weighted by Gasteiger charge is -2.08. The fourth-order valence-electron chi connectivity index (χ4n) is 1.70. The second-order valence-electron chi connectivity index (χ2n) is 4.52. The lowest BCUT2D eigenvalue weighted by atomic mass is 10.2. The molecule has 0 aromatic heterocycles. The fourth-order valence-corrected chi connectivity index (χ4v) is 2.34. The third kappa shape index (κ3) is 4.05. The highest BCUT2D eigenvalue weighted by molar-refractivity contribution is 7.92. The van der Waals surface area contributed by atoms with Crippen LogP contribution in [0, 0.1) is 5.82 Å². The third-order valence-electron chi connectivity index (χ3n) is 2.92. The molecular formula is C15H15FN2O3S. The molecule has 2 rings (SSSR count). The molecule has 2 N–H and O–H groups in total. The first-order valence-electron chi connectivity index (χ1n) is 6.58. The molecule has 0 saturated carbocycles. The van der Waals surface area contributed by atoms with Gasteiger partial charge in [0.25, 0.3) is 5.91 Å². The number of sulfonamides is 1. The number of carbonyl (C=O) groups excluding carboxylic acids is 1. The van der Waals surface area contributed by atoms with Crippen LogP contribution in [0.15, 0.2) is 48.5 Å². The Labute approximate surface area is 128 Å². The Balaban J connectivity index is 2.10. The Morgan fingerprint density at radius 3 is 2.32 bits per heavy atom. The summed E-state index contributed by atoms with van der Waals surface area (Å²) in [7, 11) is -3.36. The summed E-state index contributed by atoms with van der Waals surface area (Å²) in [5, 5.41) is 2.45. The number of carbonyl (C=O) groups is 1. The van der Waals surface area contributed by atoms with Crippen molar-refractivity contribution in [2.75, 3.05) is 15.8 Å². The van der Waals surface area contributed by atoms with Crippen LogP contribution in [0.25, 0.3) is 0 Å². The van der Waals surface area contributed by atoms with E-state index in [9.17, 15) is 17.6 Å². The Kier molecular flexibility index (Phi) is 4.77. The van der Waals surface area contributed by atoms with Crippen LogP contribution in [0.1, 0.15) is 17.3 Å². The molecule has 0 spiro atoms. The predicted octanol–water partition coefficient (Wildman–Crippen LogP) is 2.84. The Hall–Kier alpha value is -2.41. The molecule has 0 saturated heterocycles. The molecule has 0 aliphatic heterocycles. The maximum atomic E-state index is 13.5. The lowest BCUT2D eigenvalue weighted by Crippen LogP contribution is -2.15. The maximum Gasteiger partial charge on any atom is 0.255 e. The third-order valence-corrected chi connectivity index (χ3v) is 4.23. The molecular weight excluding hydrogens is 307 g/mol. The molecule has 0 fully saturated rings. The Bertz CT molecular complexity index is 774. The van der Waals surface area contributed by atoms with E-state index in [-0.39, 0.29) is 11.4 Å². The summed E-state index contributed by atoms with van der Waals surface area (Å²) < 4.78 is 38.7. The van der Waals surface area contributed by atoms with Crippen molar-refractivity contribution in [3.05, 3.63) is 59.9 Å². The van der Waals surface area contributed by atoms with E-state index in [4.69, 9.17) is 0 Å². The number of halogens is 1. The van der Waals surface area contributed by atoms with Gasteiger partial charge in [-0.05, 0) is 43.3 Å². The van der Waals surface area contributed by atoms with Gasteiger partial charge >= 0.3 is 0 Å². The van der Waals surface area contributed by atoms with Gasteiger partial charge < -0.3 is 5.32 Å². The number of hydrogen-bond acceptors (Lipinski definition) is 3. The van der Waals surface area contributed by atoms with Crippen molar-refractivity contribution in [1.29, 1.82) is 0 Å². The van der Waals surface area contributed by atoms with Crippen LogP contribution >= 0.6 is 0 Å². The summed E-state index contributed by atoms with van der Waals surface area (Å²) in [4.78, 5) is 12.0. The highest BCUT2D eigenvalue weighted by Gasteiger charge is 2.10. The first kappa shape index (κ1) is 16.0. The highest BCUT2D eigenvalue weighted by atomic mass is 32.2. The van der Waals surface area contributed by atoms with Crippen molar-refractivity contribution in [1.82, 2.24) is 0 Å². The van der Waals surface area contributed by atoms with E-state index >= 15 is 0 Å². The topological polar surface area (TPSA) is 75.3 Å². The Morgan fingerprint density at radius 1 is 1.09 bits per heavy atom. The zero-order valence-corrected chi connectivity index (χ0v) is 12.7. The molecule has 1 amide bonds. The van der Waals surface area contributed by atoms with Gasteiger partial charge in [0, 0.05) is 11.3 Å². The van der Waals surface area contributed by atoms with E-state index in [1.54, 1.807) is 6.07 Å². The van der Waals surface area contributed by atoms with Crippen LogP contribution in [0.3, 0.4) is 0 Å². The Morgan fingerprint density at radius 2 is 1.73 bits per heavy atom. The predicted molar refractivity (Wildman–Crippen MR) is 83.9 cm³/mol. The summed E-state index contributed by atoms with van der Waals surface area (Å²) in [6.07, 6.45) is 0. The quantitative estimate of drug-likeness (QED) is 0.889. The van der Waals surface area contributed by atoms with Crippen LogP contribution in [0.5, 0.6) is 0 Å². The molecule has 0 unspecified atom stereocenters. The smallest absolute Gasteiger partial charge is 0.255 e. The van der Waals surface area contributed by atoms with E-state index in [2.05, 4.69) is 10.0 Å². The second kappa shape index (κ2) is 6.57. The van der Waals surface area contributed by atoms with E-state index in [1.807, 2.05) is 0 Å². The monoisotopic (exact) mass is 322 g/mol. The second-order valence-corrected chi connectivity index (χ2v) is 6.53. The molecule has 0 heterocycles. The van der Waals surface area contributed by atoms with E-state index in [0.717, 1.165) is 0 Å². The molecule has 0 atom stereocenters. The van der Waals surface area contributed by atoms with Gasteiger partial charge in [-0.1, -0.05) is 12.1 Å². The van der Waals surface area contributed by atoms with E-state index < -0.39 is 21.7 Å². The molecule has 0 radical (unpaired) electrons. The van der Waals surface area contributed by atoms with Gasteiger partial charge in [0.1, 0.15) is 5.82 Å². The van der Waals surface area contributed by atoms with Gasteiger partial charge in [0.15, 0.2) is 0 Å². The molecule has 116 valence electrons. The van der Waals surface area contributed by atoms with Gasteiger partial charge in [0.2, 0.25) is 10.0 Å². The minimum Gasteiger partial charge on any atom is -0.319 e. The van der Waals surface area contributed by atoms with Crippen LogP contribution in [-0.2, 0) is 10.0 Å². The summed E-state index contributed by atoms with van der Waals surface area (Å²) in [6, 6.07) is 11.7. The average Bonchev–Trinajstić information content (AvgIpc) is 2.50. The number of hydrogen-bond donors (Lipinski definition) is 2. The van der Waals surface area contributed by atoms with Crippen molar-refractivity contribution < 1.29 is 17.6 Å².